The summed E-state index contributed by atoms with van der Waals surface area (Å²) < 4.78 is 27.5. The standard InChI is InChI=1S/C19H26N2O4S/c1-4-6-8-19-15(3)13-20(14-16(19)7-5-2)26(24,25)18-11-9-17(10-12-18)21(22)23/h5,9-12,15H,2,4,6-8,13-14H2,1,3H3. The van der Waals surface area contributed by atoms with Crippen molar-refractivity contribution in [3.63, 3.8) is 0 Å². The van der Waals surface area contributed by atoms with Crippen LogP contribution in [0.3, 0.4) is 0 Å². The fourth-order valence-corrected chi connectivity index (χ4v) is 4.90. The third kappa shape index (κ3) is 4.40. The van der Waals surface area contributed by atoms with Crippen LogP contribution in [0.4, 0.5) is 5.69 Å². The molecule has 0 N–H and O–H groups in total. The number of nitro groups is 1. The molecule has 6 nitrogen and oxygen atoms in total. The molecule has 1 atom stereocenters. The van der Waals surface area contributed by atoms with Crippen molar-refractivity contribution in [1.29, 1.82) is 0 Å². The summed E-state index contributed by atoms with van der Waals surface area (Å²) in [5.74, 6) is 0.151. The lowest BCUT2D eigenvalue weighted by atomic mass is 9.87. The third-order valence-corrected chi connectivity index (χ3v) is 6.60. The number of sulfonamides is 1. The number of nitro benzene ring substituents is 1. The van der Waals surface area contributed by atoms with Gasteiger partial charge in [0.25, 0.3) is 5.69 Å². The van der Waals surface area contributed by atoms with E-state index in [1.165, 1.54) is 34.1 Å². The molecule has 0 radical (unpaired) electrons. The largest absolute Gasteiger partial charge is 0.269 e. The smallest absolute Gasteiger partial charge is 0.258 e. The molecular weight excluding hydrogens is 352 g/mol. The average Bonchev–Trinajstić information content (AvgIpc) is 2.61. The Morgan fingerprint density at radius 3 is 2.54 bits per heavy atom. The van der Waals surface area contributed by atoms with Gasteiger partial charge >= 0.3 is 0 Å². The molecule has 142 valence electrons. The lowest BCUT2D eigenvalue weighted by Crippen LogP contribution is -2.40. The topological polar surface area (TPSA) is 80.5 Å². The maximum Gasteiger partial charge on any atom is 0.269 e. The highest BCUT2D eigenvalue weighted by Crippen LogP contribution is 2.32. The lowest BCUT2D eigenvalue weighted by molar-refractivity contribution is -0.384. The van der Waals surface area contributed by atoms with Gasteiger partial charge in [-0.3, -0.25) is 10.1 Å². The van der Waals surface area contributed by atoms with E-state index >= 15 is 0 Å². The first-order chi connectivity index (χ1) is 12.3. The Kier molecular flexibility index (Phi) is 6.72. The molecule has 7 heteroatoms. The van der Waals surface area contributed by atoms with Crippen molar-refractivity contribution in [2.45, 2.75) is 44.4 Å². The van der Waals surface area contributed by atoms with Crippen molar-refractivity contribution in [2.75, 3.05) is 13.1 Å². The quantitative estimate of drug-likeness (QED) is 0.384. The van der Waals surface area contributed by atoms with Gasteiger partial charge in [0.05, 0.1) is 9.82 Å². The highest BCUT2D eigenvalue weighted by Gasteiger charge is 2.32. The van der Waals surface area contributed by atoms with Gasteiger partial charge in [0.15, 0.2) is 0 Å². The molecule has 1 aliphatic heterocycles. The van der Waals surface area contributed by atoms with Gasteiger partial charge in [0, 0.05) is 25.2 Å². The SMILES string of the molecule is C=CCC1=C(CCCC)C(C)CN(S(=O)(=O)c2ccc([N+](=O)[O-])cc2)C1. The second-order valence-electron chi connectivity index (χ2n) is 6.67. The predicted octanol–water partition coefficient (Wildman–Crippen LogP) is 4.30. The molecule has 1 aromatic carbocycles. The predicted molar refractivity (Wildman–Crippen MR) is 102 cm³/mol. The normalized spacial score (nSPS) is 18.8. The first-order valence-electron chi connectivity index (χ1n) is 8.87. The van der Waals surface area contributed by atoms with Gasteiger partial charge in [-0.25, -0.2) is 8.42 Å². The van der Waals surface area contributed by atoms with Gasteiger partial charge < -0.3 is 0 Å². The van der Waals surface area contributed by atoms with Crippen LogP contribution in [-0.2, 0) is 10.0 Å². The van der Waals surface area contributed by atoms with Crippen molar-refractivity contribution < 1.29 is 13.3 Å². The summed E-state index contributed by atoms with van der Waals surface area (Å²) in [6.45, 7) is 8.79. The van der Waals surface area contributed by atoms with Gasteiger partial charge in [-0.2, -0.15) is 4.31 Å². The molecule has 1 aliphatic rings. The van der Waals surface area contributed by atoms with E-state index in [-0.39, 0.29) is 16.5 Å². The Morgan fingerprint density at radius 2 is 2.00 bits per heavy atom. The number of non-ortho nitro benzene ring substituents is 1. The maximum absolute atomic E-state index is 13.0. The minimum Gasteiger partial charge on any atom is -0.258 e. The van der Waals surface area contributed by atoms with E-state index < -0.39 is 14.9 Å². The average molecular weight is 378 g/mol. The van der Waals surface area contributed by atoms with E-state index in [1.807, 2.05) is 6.08 Å². The molecule has 0 amide bonds. The highest BCUT2D eigenvalue weighted by molar-refractivity contribution is 7.89. The number of hydrogen-bond acceptors (Lipinski definition) is 4. The molecule has 1 heterocycles. The summed E-state index contributed by atoms with van der Waals surface area (Å²) in [6, 6.07) is 5.07. The van der Waals surface area contributed by atoms with E-state index in [1.54, 1.807) is 0 Å². The third-order valence-electron chi connectivity index (χ3n) is 4.77. The molecule has 0 bridgehead atoms. The minimum atomic E-state index is -3.69. The summed E-state index contributed by atoms with van der Waals surface area (Å²) in [5.41, 5.74) is 2.35. The molecular formula is C19H26N2O4S. The lowest BCUT2D eigenvalue weighted by Gasteiger charge is -2.34. The van der Waals surface area contributed by atoms with Crippen molar-refractivity contribution in [3.05, 3.63) is 58.2 Å². The molecule has 0 spiro atoms. The van der Waals surface area contributed by atoms with Gasteiger partial charge in [0.1, 0.15) is 0 Å². The molecule has 2 rings (SSSR count). The Hall–Kier alpha value is -1.99. The number of nitrogens with zero attached hydrogens (tertiary/aromatic N) is 2. The van der Waals surface area contributed by atoms with Crippen LogP contribution in [0, 0.1) is 16.0 Å². The Morgan fingerprint density at radius 1 is 1.35 bits per heavy atom. The molecule has 26 heavy (non-hydrogen) atoms. The summed E-state index contributed by atoms with van der Waals surface area (Å²) >= 11 is 0. The molecule has 0 fully saturated rings. The van der Waals surface area contributed by atoms with Crippen molar-refractivity contribution >= 4 is 15.7 Å². The number of hydrogen-bond donors (Lipinski definition) is 0. The zero-order valence-corrected chi connectivity index (χ0v) is 16.2. The van der Waals surface area contributed by atoms with E-state index in [2.05, 4.69) is 20.4 Å². The first-order valence-corrected chi connectivity index (χ1v) is 10.3. The molecule has 1 unspecified atom stereocenters. The Bertz CT molecular complexity index is 797. The van der Waals surface area contributed by atoms with Gasteiger partial charge in [0.2, 0.25) is 10.0 Å². The summed E-state index contributed by atoms with van der Waals surface area (Å²) in [6.07, 6.45) is 5.68. The van der Waals surface area contributed by atoms with Crippen LogP contribution in [0.15, 0.2) is 53.0 Å². The molecule has 0 aromatic heterocycles. The van der Waals surface area contributed by atoms with Gasteiger partial charge in [-0.15, -0.1) is 6.58 Å². The minimum absolute atomic E-state index is 0.0882. The maximum atomic E-state index is 13.0. The van der Waals surface area contributed by atoms with Crippen LogP contribution in [-0.4, -0.2) is 30.7 Å². The number of benzene rings is 1. The Balaban J connectivity index is 2.31. The fraction of sp³-hybridized carbons (Fsp3) is 0.474. The first kappa shape index (κ1) is 20.3. The van der Waals surface area contributed by atoms with Crippen LogP contribution in [0.25, 0.3) is 0 Å². The van der Waals surface area contributed by atoms with E-state index in [0.717, 1.165) is 24.8 Å². The van der Waals surface area contributed by atoms with Gasteiger partial charge in [-0.05, 0) is 37.3 Å². The molecule has 1 aromatic rings. The van der Waals surface area contributed by atoms with Crippen LogP contribution in [0.5, 0.6) is 0 Å². The highest BCUT2D eigenvalue weighted by atomic mass is 32.2. The molecule has 0 aliphatic carbocycles. The van der Waals surface area contributed by atoms with Crippen molar-refractivity contribution in [3.8, 4) is 0 Å². The Labute approximate surface area is 155 Å². The zero-order chi connectivity index (χ0) is 19.3. The molecule has 0 saturated heterocycles. The summed E-state index contributed by atoms with van der Waals surface area (Å²) in [4.78, 5) is 10.3. The summed E-state index contributed by atoms with van der Waals surface area (Å²) in [7, 11) is -3.69. The van der Waals surface area contributed by atoms with Crippen LogP contribution in [0.1, 0.15) is 39.5 Å². The number of rotatable bonds is 8. The monoisotopic (exact) mass is 378 g/mol. The zero-order valence-electron chi connectivity index (χ0n) is 15.3. The van der Waals surface area contributed by atoms with Crippen LogP contribution in [0.2, 0.25) is 0 Å². The van der Waals surface area contributed by atoms with E-state index in [0.29, 0.717) is 19.5 Å². The molecule has 0 saturated carbocycles. The van der Waals surface area contributed by atoms with E-state index in [4.69, 9.17) is 0 Å². The fourth-order valence-electron chi connectivity index (χ4n) is 3.38. The van der Waals surface area contributed by atoms with Crippen molar-refractivity contribution in [1.82, 2.24) is 4.31 Å². The van der Waals surface area contributed by atoms with Crippen LogP contribution < -0.4 is 0 Å². The summed E-state index contributed by atoms with van der Waals surface area (Å²) in [5, 5.41) is 10.8. The van der Waals surface area contributed by atoms with E-state index in [9.17, 15) is 18.5 Å². The van der Waals surface area contributed by atoms with Gasteiger partial charge in [-0.1, -0.05) is 37.5 Å². The van der Waals surface area contributed by atoms with Crippen molar-refractivity contribution in [2.24, 2.45) is 5.92 Å². The second kappa shape index (κ2) is 8.60. The van der Waals surface area contributed by atoms with Crippen LogP contribution >= 0.6 is 0 Å². The number of unbranched alkanes of at least 4 members (excludes halogenated alkanes) is 1. The number of allylic oxidation sites excluding steroid dienone is 1. The second-order valence-corrected chi connectivity index (χ2v) is 8.61.